The number of pyridine rings is 1. The van der Waals surface area contributed by atoms with Crippen LogP contribution in [0.25, 0.3) is 0 Å². The van der Waals surface area contributed by atoms with Gasteiger partial charge in [-0.1, -0.05) is 5.16 Å². The van der Waals surface area contributed by atoms with E-state index in [0.29, 0.717) is 5.56 Å². The Kier molecular flexibility index (Phi) is 8.67. The number of hydrogen-bond donors (Lipinski definition) is 6. The highest BCUT2D eigenvalue weighted by Crippen LogP contribution is 2.50. The molecule has 194 valence electrons. The third-order valence-corrected chi connectivity index (χ3v) is 6.37. The van der Waals surface area contributed by atoms with Crippen molar-refractivity contribution in [2.24, 2.45) is 28.0 Å². The monoisotopic (exact) mass is 502 g/mol. The van der Waals surface area contributed by atoms with Gasteiger partial charge in [-0.25, -0.2) is 14.9 Å². The number of carbonyl (C=O) groups excluding carboxylic acids is 2. The molecule has 2 fully saturated rings. The Labute approximate surface area is 207 Å². The Morgan fingerprint density at radius 1 is 1.31 bits per heavy atom. The van der Waals surface area contributed by atoms with E-state index in [1.807, 2.05) is 0 Å². The third kappa shape index (κ3) is 6.61. The van der Waals surface area contributed by atoms with Gasteiger partial charge in [0.1, 0.15) is 23.3 Å². The number of aromatic nitrogens is 1. The summed E-state index contributed by atoms with van der Waals surface area (Å²) in [7, 11) is 1.41. The average Bonchev–Trinajstić information content (AvgIpc) is 3.80. The number of nitrogens with zero attached hydrogens (tertiary/aromatic N) is 3. The van der Waals surface area contributed by atoms with E-state index in [-0.39, 0.29) is 35.2 Å². The van der Waals surface area contributed by atoms with Crippen LogP contribution in [-0.4, -0.2) is 46.6 Å². The van der Waals surface area contributed by atoms with Crippen molar-refractivity contribution in [3.05, 3.63) is 35.7 Å². The highest BCUT2D eigenvalue weighted by atomic mass is 19.1. The van der Waals surface area contributed by atoms with Gasteiger partial charge in [-0.05, 0) is 63.4 Å². The van der Waals surface area contributed by atoms with Gasteiger partial charge in [-0.2, -0.15) is 0 Å². The Bertz CT molecular complexity index is 1070. The van der Waals surface area contributed by atoms with E-state index in [1.165, 1.54) is 26.3 Å². The highest BCUT2D eigenvalue weighted by molar-refractivity contribution is 6.65. The first-order valence-electron chi connectivity index (χ1n) is 11.6. The van der Waals surface area contributed by atoms with Crippen molar-refractivity contribution < 1.29 is 23.9 Å². The minimum atomic E-state index is -0.959. The van der Waals surface area contributed by atoms with E-state index < -0.39 is 35.4 Å². The maximum Gasteiger partial charge on any atom is 0.271 e. The van der Waals surface area contributed by atoms with E-state index in [1.54, 1.807) is 6.92 Å². The molecule has 0 aliphatic heterocycles. The number of nitrogens with one attached hydrogen (secondary N) is 5. The smallest absolute Gasteiger partial charge is 0.271 e. The summed E-state index contributed by atoms with van der Waals surface area (Å²) in [5.41, 5.74) is 7.19. The molecule has 0 radical (unpaired) electrons. The molecule has 2 atom stereocenters. The molecule has 0 aromatic carbocycles. The minimum absolute atomic E-state index is 0.116. The van der Waals surface area contributed by atoms with Gasteiger partial charge in [0.15, 0.2) is 5.82 Å². The largest absolute Gasteiger partial charge is 0.481 e. The Morgan fingerprint density at radius 2 is 1.94 bits per heavy atom. The molecule has 13 heteroatoms. The molecule has 2 amide bonds. The van der Waals surface area contributed by atoms with Crippen LogP contribution in [0.4, 0.5) is 4.39 Å². The number of oxime groups is 1. The Hall–Kier alpha value is -3.90. The maximum atomic E-state index is 13.7. The summed E-state index contributed by atoms with van der Waals surface area (Å²) in [4.78, 5) is 29.8. The number of hydrogen-bond acceptors (Lipinski definition) is 10. The Balaban J connectivity index is 1.76. The molecule has 0 saturated heterocycles. The standard InChI is InChI=1S/C23H31FN8O4/c1-11(16-8-15(24)9-28-23(16)36-3)27-10-17(31-26)29-22(34)20(18(13-4-5-13)14-6-7-14)30-21(33)19(25)12(2)32-35/h8-11,13-14,18,20,25-27,35H,4-7H2,1-3H3,(H,29,34)(H,30,33)/b17-10-,25-19?,31-26?,32-12-/t11?,20-/m0/s1. The van der Waals surface area contributed by atoms with Gasteiger partial charge in [-0.15, -0.1) is 5.11 Å². The van der Waals surface area contributed by atoms with Crippen molar-refractivity contribution in [3.8, 4) is 5.88 Å². The number of halogens is 1. The van der Waals surface area contributed by atoms with Crippen molar-refractivity contribution >= 4 is 23.2 Å². The predicted octanol–water partition coefficient (Wildman–Crippen LogP) is 2.62. The van der Waals surface area contributed by atoms with Crippen molar-refractivity contribution in [1.29, 1.82) is 10.9 Å². The summed E-state index contributed by atoms with van der Waals surface area (Å²) in [5.74, 6) is -1.40. The highest BCUT2D eigenvalue weighted by Gasteiger charge is 2.48. The average molecular weight is 503 g/mol. The first-order chi connectivity index (χ1) is 17.2. The van der Waals surface area contributed by atoms with E-state index in [0.717, 1.165) is 31.9 Å². The lowest BCUT2D eigenvalue weighted by Crippen LogP contribution is -2.54. The molecule has 1 aromatic heterocycles. The molecule has 6 N–H and O–H groups in total. The van der Waals surface area contributed by atoms with Crippen LogP contribution in [0.1, 0.15) is 51.1 Å². The number of methoxy groups -OCH3 is 1. The molecule has 0 spiro atoms. The Morgan fingerprint density at radius 3 is 2.47 bits per heavy atom. The van der Waals surface area contributed by atoms with E-state index >= 15 is 0 Å². The topological polar surface area (TPSA) is 185 Å². The van der Waals surface area contributed by atoms with E-state index in [4.69, 9.17) is 20.9 Å². The molecule has 36 heavy (non-hydrogen) atoms. The summed E-state index contributed by atoms with van der Waals surface area (Å²) in [6.07, 6.45) is 6.13. The predicted molar refractivity (Wildman–Crippen MR) is 127 cm³/mol. The van der Waals surface area contributed by atoms with Gasteiger partial charge in [0.25, 0.3) is 5.91 Å². The van der Waals surface area contributed by atoms with Crippen molar-refractivity contribution in [2.75, 3.05) is 7.11 Å². The van der Waals surface area contributed by atoms with E-state index in [9.17, 15) is 14.0 Å². The SMILES string of the molecule is COc1ncc(F)cc1C(C)N/C=C(\N=N)NC(=O)[C@@H](NC(=O)C(=N)/C(C)=N\O)C(C1CC1)C1CC1. The van der Waals surface area contributed by atoms with Crippen LogP contribution in [-0.2, 0) is 9.59 Å². The lowest BCUT2D eigenvalue weighted by Gasteiger charge is -2.27. The van der Waals surface area contributed by atoms with Crippen LogP contribution in [0.15, 0.2) is 34.6 Å². The summed E-state index contributed by atoms with van der Waals surface area (Å²) in [6.45, 7) is 3.03. The molecule has 2 saturated carbocycles. The normalized spacial score (nSPS) is 17.7. The van der Waals surface area contributed by atoms with Crippen LogP contribution < -0.4 is 20.7 Å². The minimum Gasteiger partial charge on any atom is -0.481 e. The van der Waals surface area contributed by atoms with Crippen LogP contribution in [0.5, 0.6) is 5.88 Å². The van der Waals surface area contributed by atoms with Gasteiger partial charge >= 0.3 is 0 Å². The molecule has 2 aliphatic rings. The fourth-order valence-corrected chi connectivity index (χ4v) is 4.17. The summed E-state index contributed by atoms with van der Waals surface area (Å²) in [6, 6.07) is -0.194. The van der Waals surface area contributed by atoms with Crippen molar-refractivity contribution in [2.45, 2.75) is 51.6 Å². The summed E-state index contributed by atoms with van der Waals surface area (Å²) < 4.78 is 18.8. The van der Waals surface area contributed by atoms with Crippen LogP contribution in [0.3, 0.4) is 0 Å². The van der Waals surface area contributed by atoms with Crippen LogP contribution in [0, 0.1) is 34.5 Å². The molecule has 2 aliphatic carbocycles. The summed E-state index contributed by atoms with van der Waals surface area (Å²) >= 11 is 0. The molecular weight excluding hydrogens is 471 g/mol. The zero-order chi connectivity index (χ0) is 26.4. The van der Waals surface area contributed by atoms with E-state index in [2.05, 4.69) is 31.2 Å². The zero-order valence-corrected chi connectivity index (χ0v) is 20.3. The van der Waals surface area contributed by atoms with Gasteiger partial charge in [0, 0.05) is 11.8 Å². The fraction of sp³-hybridized carbons (Fsp3) is 0.522. The number of carbonyl (C=O) groups is 2. The second-order valence-electron chi connectivity index (χ2n) is 9.03. The van der Waals surface area contributed by atoms with Gasteiger partial charge in [-0.3, -0.25) is 15.0 Å². The van der Waals surface area contributed by atoms with Gasteiger partial charge in [0.2, 0.25) is 11.8 Å². The van der Waals surface area contributed by atoms with Crippen molar-refractivity contribution in [1.82, 2.24) is 20.9 Å². The van der Waals surface area contributed by atoms with Crippen LogP contribution in [0.2, 0.25) is 0 Å². The molecule has 1 heterocycles. The second kappa shape index (κ2) is 11.7. The number of rotatable bonds is 13. The quantitative estimate of drug-likeness (QED) is 0.104. The summed E-state index contributed by atoms with van der Waals surface area (Å²) in [5, 5.41) is 31.2. The van der Waals surface area contributed by atoms with Crippen molar-refractivity contribution in [3.63, 3.8) is 0 Å². The third-order valence-electron chi connectivity index (χ3n) is 6.37. The fourth-order valence-electron chi connectivity index (χ4n) is 4.17. The first kappa shape index (κ1) is 26.7. The maximum absolute atomic E-state index is 13.7. The zero-order valence-electron chi connectivity index (χ0n) is 20.3. The van der Waals surface area contributed by atoms with Crippen LogP contribution >= 0.6 is 0 Å². The lowest BCUT2D eigenvalue weighted by atomic mass is 9.88. The molecule has 1 unspecified atom stereocenters. The van der Waals surface area contributed by atoms with Gasteiger partial charge in [0.05, 0.1) is 19.3 Å². The molecule has 3 rings (SSSR count). The number of ether oxygens (including phenoxy) is 1. The number of amides is 2. The molecule has 0 bridgehead atoms. The molecule has 12 nitrogen and oxygen atoms in total. The first-order valence-corrected chi connectivity index (χ1v) is 11.6. The molecular formula is C23H31FN8O4. The lowest BCUT2D eigenvalue weighted by molar-refractivity contribution is -0.128. The van der Waals surface area contributed by atoms with Gasteiger partial charge < -0.3 is 25.9 Å². The second-order valence-corrected chi connectivity index (χ2v) is 9.03. The molecule has 1 aromatic rings.